The summed E-state index contributed by atoms with van der Waals surface area (Å²) in [6, 6.07) is 0.391. The van der Waals surface area contributed by atoms with Crippen molar-refractivity contribution in [3.05, 3.63) is 0 Å². The number of hydrogen-bond donors (Lipinski definition) is 2. The van der Waals surface area contributed by atoms with Crippen LogP contribution in [0.3, 0.4) is 0 Å². The molecule has 0 aromatic carbocycles. The monoisotopic (exact) mass is 241 g/mol. The highest BCUT2D eigenvalue weighted by molar-refractivity contribution is 5.80. The number of carbonyl (C=O) groups is 2. The van der Waals surface area contributed by atoms with Gasteiger partial charge >= 0.3 is 0 Å². The van der Waals surface area contributed by atoms with Crippen LogP contribution in [0.4, 0.5) is 0 Å². The van der Waals surface area contributed by atoms with Gasteiger partial charge in [0.05, 0.1) is 5.92 Å². The van der Waals surface area contributed by atoms with Gasteiger partial charge in [0.25, 0.3) is 0 Å². The molecule has 0 radical (unpaired) electrons. The topological polar surface area (TPSA) is 75.4 Å². The van der Waals surface area contributed by atoms with Crippen molar-refractivity contribution < 1.29 is 9.59 Å². The zero-order valence-corrected chi connectivity index (χ0v) is 10.7. The van der Waals surface area contributed by atoms with Crippen molar-refractivity contribution in [1.29, 1.82) is 0 Å². The van der Waals surface area contributed by atoms with Crippen LogP contribution in [0.5, 0.6) is 0 Å². The average Bonchev–Trinajstić information content (AvgIpc) is 2.28. The van der Waals surface area contributed by atoms with E-state index in [2.05, 4.69) is 19.2 Å². The van der Waals surface area contributed by atoms with E-state index >= 15 is 0 Å². The van der Waals surface area contributed by atoms with Crippen molar-refractivity contribution in [3.63, 3.8) is 0 Å². The van der Waals surface area contributed by atoms with Gasteiger partial charge in [-0.25, -0.2) is 0 Å². The summed E-state index contributed by atoms with van der Waals surface area (Å²) in [5, 5.41) is 3.21. The fourth-order valence-corrected chi connectivity index (χ4v) is 2.06. The molecule has 1 fully saturated rings. The van der Waals surface area contributed by atoms with E-state index in [1.807, 2.05) is 0 Å². The summed E-state index contributed by atoms with van der Waals surface area (Å²) in [7, 11) is 0. The van der Waals surface area contributed by atoms with Crippen LogP contribution in [-0.4, -0.2) is 42.4 Å². The minimum Gasteiger partial charge on any atom is -0.369 e. The molecule has 1 aliphatic rings. The number of primary amides is 1. The first-order valence-corrected chi connectivity index (χ1v) is 6.31. The molecule has 0 bridgehead atoms. The predicted octanol–water partition coefficient (Wildman–Crippen LogP) is 0.0984. The second-order valence-corrected chi connectivity index (χ2v) is 4.94. The Morgan fingerprint density at radius 3 is 2.76 bits per heavy atom. The quantitative estimate of drug-likeness (QED) is 0.716. The summed E-state index contributed by atoms with van der Waals surface area (Å²) in [5.74, 6) is -0.335. The second-order valence-electron chi connectivity index (χ2n) is 4.94. The molecule has 1 heterocycles. The fourth-order valence-electron chi connectivity index (χ4n) is 2.06. The average molecular weight is 241 g/mol. The van der Waals surface area contributed by atoms with Gasteiger partial charge < -0.3 is 16.0 Å². The number of piperidine rings is 1. The van der Waals surface area contributed by atoms with Crippen molar-refractivity contribution in [3.8, 4) is 0 Å². The maximum atomic E-state index is 11.9. The normalized spacial score (nSPS) is 20.6. The van der Waals surface area contributed by atoms with Gasteiger partial charge in [0, 0.05) is 32.1 Å². The Balaban J connectivity index is 2.33. The third kappa shape index (κ3) is 4.73. The largest absolute Gasteiger partial charge is 0.369 e. The van der Waals surface area contributed by atoms with Crippen LogP contribution >= 0.6 is 0 Å². The highest BCUT2D eigenvalue weighted by Gasteiger charge is 2.26. The first-order valence-electron chi connectivity index (χ1n) is 6.31. The van der Waals surface area contributed by atoms with E-state index in [-0.39, 0.29) is 17.7 Å². The minimum atomic E-state index is -0.289. The van der Waals surface area contributed by atoms with Crippen LogP contribution < -0.4 is 11.1 Å². The molecule has 1 unspecified atom stereocenters. The van der Waals surface area contributed by atoms with Crippen LogP contribution in [0, 0.1) is 5.92 Å². The molecule has 5 nitrogen and oxygen atoms in total. The molecule has 3 N–H and O–H groups in total. The summed E-state index contributed by atoms with van der Waals surface area (Å²) < 4.78 is 0. The van der Waals surface area contributed by atoms with Gasteiger partial charge in [-0.05, 0) is 12.8 Å². The Bertz CT molecular complexity index is 279. The summed E-state index contributed by atoms with van der Waals surface area (Å²) in [4.78, 5) is 24.7. The highest BCUT2D eigenvalue weighted by atomic mass is 16.2. The molecule has 0 aromatic rings. The molecule has 0 saturated carbocycles. The number of carbonyl (C=O) groups excluding carboxylic acids is 2. The number of nitrogens with zero attached hydrogens (tertiary/aromatic N) is 1. The van der Waals surface area contributed by atoms with E-state index in [4.69, 9.17) is 5.73 Å². The van der Waals surface area contributed by atoms with Crippen molar-refractivity contribution in [2.24, 2.45) is 11.7 Å². The molecule has 17 heavy (non-hydrogen) atoms. The molecule has 1 saturated heterocycles. The lowest BCUT2D eigenvalue weighted by atomic mass is 9.97. The number of amides is 2. The van der Waals surface area contributed by atoms with Crippen LogP contribution in [0.1, 0.15) is 33.1 Å². The minimum absolute atomic E-state index is 0.115. The number of likely N-dealkylation sites (tertiary alicyclic amines) is 1. The molecule has 0 spiro atoms. The van der Waals surface area contributed by atoms with E-state index in [0.717, 1.165) is 19.4 Å². The Labute approximate surface area is 103 Å². The maximum Gasteiger partial charge on any atom is 0.223 e. The zero-order valence-electron chi connectivity index (χ0n) is 10.7. The molecule has 1 atom stereocenters. The molecule has 2 amide bonds. The standard InChI is InChI=1S/C12H23N3O2/c1-9(2)14-6-5-11(16)15-7-3-4-10(8-15)12(13)17/h9-10,14H,3-8H2,1-2H3,(H2,13,17). The Kier molecular flexibility index (Phi) is 5.41. The van der Waals surface area contributed by atoms with Crippen LogP contribution in [0.2, 0.25) is 0 Å². The van der Waals surface area contributed by atoms with Crippen molar-refractivity contribution in [2.45, 2.75) is 39.2 Å². The van der Waals surface area contributed by atoms with Crippen LogP contribution in [-0.2, 0) is 9.59 Å². The van der Waals surface area contributed by atoms with E-state index in [1.54, 1.807) is 4.90 Å². The molecule has 98 valence electrons. The Morgan fingerprint density at radius 1 is 1.47 bits per heavy atom. The first-order chi connectivity index (χ1) is 8.00. The Morgan fingerprint density at radius 2 is 2.18 bits per heavy atom. The predicted molar refractivity (Wildman–Crippen MR) is 66.3 cm³/mol. The molecule has 1 aliphatic heterocycles. The molecular weight excluding hydrogens is 218 g/mol. The van der Waals surface area contributed by atoms with Crippen molar-refractivity contribution in [1.82, 2.24) is 10.2 Å². The number of nitrogens with two attached hydrogens (primary N) is 1. The van der Waals surface area contributed by atoms with Gasteiger partial charge in [-0.3, -0.25) is 9.59 Å². The number of hydrogen-bond acceptors (Lipinski definition) is 3. The third-order valence-corrected chi connectivity index (χ3v) is 3.07. The lowest BCUT2D eigenvalue weighted by Gasteiger charge is -2.31. The van der Waals surface area contributed by atoms with Crippen LogP contribution in [0.25, 0.3) is 0 Å². The molecule has 1 rings (SSSR count). The SMILES string of the molecule is CC(C)NCCC(=O)N1CCCC(C(N)=O)C1. The third-order valence-electron chi connectivity index (χ3n) is 3.07. The Hall–Kier alpha value is -1.10. The summed E-state index contributed by atoms with van der Waals surface area (Å²) in [6.07, 6.45) is 2.17. The lowest BCUT2D eigenvalue weighted by molar-refractivity contribution is -0.134. The molecular formula is C12H23N3O2. The number of nitrogens with one attached hydrogen (secondary N) is 1. The first kappa shape index (κ1) is 14.0. The summed E-state index contributed by atoms with van der Waals surface area (Å²) in [6.45, 7) is 6.04. The maximum absolute atomic E-state index is 11.9. The highest BCUT2D eigenvalue weighted by Crippen LogP contribution is 2.16. The van der Waals surface area contributed by atoms with Crippen molar-refractivity contribution >= 4 is 11.8 Å². The van der Waals surface area contributed by atoms with Gasteiger partial charge in [-0.1, -0.05) is 13.8 Å². The molecule has 0 aliphatic carbocycles. The summed E-state index contributed by atoms with van der Waals surface area (Å²) in [5.41, 5.74) is 5.28. The second kappa shape index (κ2) is 6.59. The smallest absolute Gasteiger partial charge is 0.223 e. The van der Waals surface area contributed by atoms with E-state index in [1.165, 1.54) is 0 Å². The van der Waals surface area contributed by atoms with Gasteiger partial charge in [0.1, 0.15) is 0 Å². The molecule has 5 heteroatoms. The fraction of sp³-hybridized carbons (Fsp3) is 0.833. The van der Waals surface area contributed by atoms with Gasteiger partial charge in [-0.15, -0.1) is 0 Å². The van der Waals surface area contributed by atoms with E-state index in [0.29, 0.717) is 25.6 Å². The zero-order chi connectivity index (χ0) is 12.8. The van der Waals surface area contributed by atoms with Gasteiger partial charge in [0.2, 0.25) is 11.8 Å². The van der Waals surface area contributed by atoms with Crippen LogP contribution in [0.15, 0.2) is 0 Å². The van der Waals surface area contributed by atoms with Gasteiger partial charge in [0.15, 0.2) is 0 Å². The van der Waals surface area contributed by atoms with Crippen molar-refractivity contribution in [2.75, 3.05) is 19.6 Å². The van der Waals surface area contributed by atoms with E-state index in [9.17, 15) is 9.59 Å². The van der Waals surface area contributed by atoms with Gasteiger partial charge in [-0.2, -0.15) is 0 Å². The lowest BCUT2D eigenvalue weighted by Crippen LogP contribution is -2.44. The number of rotatable bonds is 5. The summed E-state index contributed by atoms with van der Waals surface area (Å²) >= 11 is 0. The van der Waals surface area contributed by atoms with E-state index < -0.39 is 0 Å². The molecule has 0 aromatic heterocycles.